The van der Waals surface area contributed by atoms with Crippen molar-refractivity contribution in [3.05, 3.63) is 55.6 Å². The molecule has 0 spiro atoms. The number of ketones is 1. The Labute approximate surface area is 145 Å². The molecule has 0 saturated heterocycles. The number of carbonyl (C=O) groups excluding carboxylic acids is 1. The van der Waals surface area contributed by atoms with Gasteiger partial charge in [-0.1, -0.05) is 40.9 Å². The lowest BCUT2D eigenvalue weighted by molar-refractivity contribution is -0.385. The zero-order valence-electron chi connectivity index (χ0n) is 10.9. The molecule has 11 heteroatoms. The highest BCUT2D eigenvalue weighted by atomic mass is 35.5. The van der Waals surface area contributed by atoms with E-state index < -0.39 is 36.3 Å². The van der Waals surface area contributed by atoms with Gasteiger partial charge in [-0.2, -0.15) is 12.8 Å². The van der Waals surface area contributed by atoms with Gasteiger partial charge < -0.3 is 0 Å². The minimum Gasteiger partial charge on any atom is -0.287 e. The molecule has 0 fully saturated rings. The van der Waals surface area contributed by atoms with Crippen LogP contribution in [0.3, 0.4) is 0 Å². The zero-order chi connectivity index (χ0) is 17.4. The average molecular weight is 396 g/mol. The summed E-state index contributed by atoms with van der Waals surface area (Å²) >= 11 is 17.1. The number of nitro benzene ring substituents is 1. The number of hydrogen-bond donors (Lipinski definition) is 0. The van der Waals surface area contributed by atoms with E-state index in [0.717, 1.165) is 24.3 Å². The van der Waals surface area contributed by atoms with Gasteiger partial charge in [0.1, 0.15) is 5.03 Å². The Morgan fingerprint density at radius 1 is 1.13 bits per heavy atom. The fourth-order valence-electron chi connectivity index (χ4n) is 1.57. The van der Waals surface area contributed by atoms with Crippen LogP contribution < -0.4 is 0 Å². The summed E-state index contributed by atoms with van der Waals surface area (Å²) < 4.78 is 27.9. The van der Waals surface area contributed by atoms with Crippen molar-refractivity contribution < 1.29 is 18.1 Å². The second-order valence-corrected chi connectivity index (χ2v) is 6.92. The van der Waals surface area contributed by atoms with Gasteiger partial charge in [-0.25, -0.2) is 0 Å². The van der Waals surface area contributed by atoms with E-state index in [1.54, 1.807) is 0 Å². The van der Waals surface area contributed by atoms with Crippen LogP contribution in [0.5, 0.6) is 0 Å². The molecule has 0 atom stereocenters. The van der Waals surface area contributed by atoms with Crippen molar-refractivity contribution in [2.75, 3.05) is 0 Å². The van der Waals surface area contributed by atoms with Gasteiger partial charge in [0.2, 0.25) is 5.78 Å². The summed E-state index contributed by atoms with van der Waals surface area (Å²) in [5.74, 6) is -0.759. The predicted molar refractivity (Wildman–Crippen MR) is 85.4 cm³/mol. The fraction of sp³-hybridized carbons (Fsp3) is 0. The maximum absolute atomic E-state index is 12.2. The first-order chi connectivity index (χ1) is 10.6. The summed E-state index contributed by atoms with van der Waals surface area (Å²) in [7, 11) is -4.32. The van der Waals surface area contributed by atoms with Crippen molar-refractivity contribution in [3.63, 3.8) is 0 Å². The van der Waals surface area contributed by atoms with Crippen LogP contribution in [0, 0.1) is 10.1 Å². The lowest BCUT2D eigenvalue weighted by Crippen LogP contribution is -2.13. The van der Waals surface area contributed by atoms with E-state index in [2.05, 4.69) is 4.40 Å². The van der Waals surface area contributed by atoms with Crippen LogP contribution in [0.4, 0.5) is 5.69 Å². The number of allylic oxidation sites excluding steroid dienone is 4. The molecule has 0 heterocycles. The monoisotopic (exact) mass is 394 g/mol. The Kier molecular flexibility index (Phi) is 4.90. The molecular weight excluding hydrogens is 391 g/mol. The second kappa shape index (κ2) is 6.40. The zero-order valence-corrected chi connectivity index (χ0v) is 13.9. The highest BCUT2D eigenvalue weighted by Gasteiger charge is 2.26. The third-order valence-electron chi connectivity index (χ3n) is 2.64. The van der Waals surface area contributed by atoms with E-state index in [1.807, 2.05) is 0 Å². The first-order valence-electron chi connectivity index (χ1n) is 5.70. The summed E-state index contributed by atoms with van der Waals surface area (Å²) in [6.45, 7) is 0. The number of hydrogen-bond acceptors (Lipinski definition) is 5. The molecule has 7 nitrogen and oxygen atoms in total. The molecule has 0 aliphatic heterocycles. The van der Waals surface area contributed by atoms with Crippen molar-refractivity contribution in [2.45, 2.75) is 4.90 Å². The maximum atomic E-state index is 12.2. The van der Waals surface area contributed by atoms with Gasteiger partial charge in [0.05, 0.1) is 25.6 Å². The number of carbonyl (C=O) groups is 1. The third kappa shape index (κ3) is 3.61. The van der Waals surface area contributed by atoms with Crippen LogP contribution in [0.2, 0.25) is 0 Å². The van der Waals surface area contributed by atoms with E-state index in [0.29, 0.717) is 0 Å². The number of halogens is 3. The smallest absolute Gasteiger partial charge is 0.283 e. The molecule has 0 radical (unpaired) electrons. The number of nitrogens with zero attached hydrogens (tertiary/aromatic N) is 2. The van der Waals surface area contributed by atoms with Crippen LogP contribution in [0.1, 0.15) is 0 Å². The second-order valence-electron chi connectivity index (χ2n) is 4.16. The number of non-ortho nitro benzene ring substituents is 1. The van der Waals surface area contributed by atoms with E-state index >= 15 is 0 Å². The largest absolute Gasteiger partial charge is 0.287 e. The summed E-state index contributed by atoms with van der Waals surface area (Å²) in [6.07, 6.45) is 0.951. The molecular formula is C12H5Cl3N2O5S. The maximum Gasteiger partial charge on any atom is 0.283 e. The quantitative estimate of drug-likeness (QED) is 0.444. The highest BCUT2D eigenvalue weighted by Crippen LogP contribution is 2.29. The van der Waals surface area contributed by atoms with E-state index in [1.165, 1.54) is 6.07 Å². The Bertz CT molecular complexity index is 918. The third-order valence-corrected chi connectivity index (χ3v) is 5.05. The molecule has 0 saturated carbocycles. The van der Waals surface area contributed by atoms with Gasteiger partial charge >= 0.3 is 0 Å². The Morgan fingerprint density at radius 3 is 2.39 bits per heavy atom. The summed E-state index contributed by atoms with van der Waals surface area (Å²) in [4.78, 5) is 21.0. The Morgan fingerprint density at radius 2 is 1.78 bits per heavy atom. The highest BCUT2D eigenvalue weighted by molar-refractivity contribution is 7.90. The van der Waals surface area contributed by atoms with E-state index in [-0.39, 0.29) is 15.8 Å². The van der Waals surface area contributed by atoms with Crippen molar-refractivity contribution in [2.24, 2.45) is 4.40 Å². The number of rotatable bonds is 3. The van der Waals surface area contributed by atoms with E-state index in [4.69, 9.17) is 34.8 Å². The lowest BCUT2D eigenvalue weighted by atomic mass is 10.1. The van der Waals surface area contributed by atoms with Crippen LogP contribution in [-0.4, -0.2) is 24.8 Å². The van der Waals surface area contributed by atoms with Gasteiger partial charge in [-0.3, -0.25) is 14.9 Å². The van der Waals surface area contributed by atoms with Gasteiger partial charge in [0.15, 0.2) is 0 Å². The molecule has 1 aliphatic rings. The normalized spacial score (nSPS) is 17.4. The topological polar surface area (TPSA) is 107 Å². The molecule has 0 unspecified atom stereocenters. The molecule has 23 heavy (non-hydrogen) atoms. The average Bonchev–Trinajstić information content (AvgIpc) is 2.50. The predicted octanol–water partition coefficient (Wildman–Crippen LogP) is 3.12. The van der Waals surface area contributed by atoms with Gasteiger partial charge in [-0.05, 0) is 12.1 Å². The SMILES string of the molecule is O=C1C(Cl)=C/C(=N\S(=O)(=O)c2cccc([N+](=O)[O-])c2)C(Cl)=C1Cl. The van der Waals surface area contributed by atoms with Gasteiger partial charge in [0, 0.05) is 12.1 Å². The number of nitro groups is 1. The molecule has 0 amide bonds. The van der Waals surface area contributed by atoms with Crippen LogP contribution in [0.15, 0.2) is 54.7 Å². The Balaban J connectivity index is 2.55. The number of benzene rings is 1. The number of Topliss-reactive ketones (excluding diaryl/α,β-unsaturated/α-hetero) is 1. The lowest BCUT2D eigenvalue weighted by Gasteiger charge is -2.10. The standard InChI is InChI=1S/C12H5Cl3N2O5S/c13-8-5-9(10(14)11(15)12(8)18)16-23(21,22)7-3-1-2-6(4-7)17(19)20/h1-5H/b16-9+. The molecule has 120 valence electrons. The van der Waals surface area contributed by atoms with Crippen LogP contribution in [-0.2, 0) is 14.8 Å². The summed E-state index contributed by atoms with van der Waals surface area (Å²) in [5.41, 5.74) is -0.758. The molecule has 1 aromatic carbocycles. The molecule has 0 bridgehead atoms. The van der Waals surface area contributed by atoms with Crippen molar-refractivity contribution in [1.29, 1.82) is 0 Å². The first kappa shape index (κ1) is 17.6. The summed E-state index contributed by atoms with van der Waals surface area (Å²) in [5, 5.41) is 9.51. The van der Waals surface area contributed by atoms with Crippen LogP contribution >= 0.6 is 34.8 Å². The molecule has 0 N–H and O–H groups in total. The van der Waals surface area contributed by atoms with Gasteiger partial charge in [0.25, 0.3) is 15.7 Å². The molecule has 1 aliphatic carbocycles. The van der Waals surface area contributed by atoms with Crippen molar-refractivity contribution in [3.8, 4) is 0 Å². The van der Waals surface area contributed by atoms with Crippen molar-refractivity contribution in [1.82, 2.24) is 0 Å². The fourth-order valence-corrected chi connectivity index (χ4v) is 3.28. The molecule has 0 aromatic heterocycles. The van der Waals surface area contributed by atoms with Gasteiger partial charge in [-0.15, -0.1) is 0 Å². The molecule has 1 aromatic rings. The molecule has 2 rings (SSSR count). The Hall–Kier alpha value is -1.74. The minimum absolute atomic E-state index is 0.340. The first-order valence-corrected chi connectivity index (χ1v) is 8.28. The van der Waals surface area contributed by atoms with E-state index in [9.17, 15) is 23.3 Å². The number of sulfonamides is 1. The summed E-state index contributed by atoms with van der Waals surface area (Å²) in [6, 6.07) is 4.30. The van der Waals surface area contributed by atoms with Crippen molar-refractivity contribution >= 4 is 62.0 Å². The van der Waals surface area contributed by atoms with Crippen LogP contribution in [0.25, 0.3) is 0 Å². The minimum atomic E-state index is -4.32.